The van der Waals surface area contributed by atoms with Crippen molar-refractivity contribution in [1.82, 2.24) is 15.5 Å². The van der Waals surface area contributed by atoms with E-state index < -0.39 is 0 Å². The maximum absolute atomic E-state index is 4.60. The van der Waals surface area contributed by atoms with Gasteiger partial charge in [-0.15, -0.1) is 0 Å². The van der Waals surface area contributed by atoms with Gasteiger partial charge in [0.1, 0.15) is 0 Å². The Kier molecular flexibility index (Phi) is 37.9. The monoisotopic (exact) mass is 796 g/mol. The van der Waals surface area contributed by atoms with Crippen LogP contribution in [-0.2, 0) is 0 Å². The van der Waals surface area contributed by atoms with Crippen LogP contribution >= 0.6 is 0 Å². The average molecular weight is 796 g/mol. The van der Waals surface area contributed by atoms with E-state index in [9.17, 15) is 0 Å². The predicted octanol–water partition coefficient (Wildman–Crippen LogP) is 17.0. The molecule has 0 aromatic carbocycles. The molecular formula is C54H105N3. The number of hydrogen-bond acceptors (Lipinski definition) is 3. The molecule has 0 bridgehead atoms. The molecule has 0 aromatic heterocycles. The number of nitrogens with zero attached hydrogens (tertiary/aromatic N) is 1. The zero-order chi connectivity index (χ0) is 41.4. The first-order chi connectivity index (χ1) is 27.9. The van der Waals surface area contributed by atoms with Crippen LogP contribution in [0.15, 0.2) is 36.7 Å². The van der Waals surface area contributed by atoms with Crippen molar-refractivity contribution in [1.29, 1.82) is 0 Å². The van der Waals surface area contributed by atoms with Gasteiger partial charge in [-0.25, -0.2) is 0 Å². The largest absolute Gasteiger partial charge is 0.375 e. The van der Waals surface area contributed by atoms with Crippen LogP contribution in [0.5, 0.6) is 0 Å². The lowest BCUT2D eigenvalue weighted by molar-refractivity contribution is 0.257. The molecule has 57 heavy (non-hydrogen) atoms. The Bertz CT molecular complexity index is 909. The molecule has 3 unspecified atom stereocenters. The highest BCUT2D eigenvalue weighted by Gasteiger charge is 2.16. The Balaban J connectivity index is 2.63. The Morgan fingerprint density at radius 1 is 0.561 bits per heavy atom. The molecule has 1 fully saturated rings. The Hall–Kier alpha value is -1.22. The minimum Gasteiger partial charge on any atom is -0.375 e. The first-order valence-electron chi connectivity index (χ1n) is 26.1. The smallest absolute Gasteiger partial charge is 0.0909 e. The fourth-order valence-electron chi connectivity index (χ4n) is 9.62. The number of hydrogen-bond donors (Lipinski definition) is 2. The van der Waals surface area contributed by atoms with Gasteiger partial charge in [0.2, 0.25) is 0 Å². The molecule has 0 aliphatic carbocycles. The molecule has 1 saturated heterocycles. The van der Waals surface area contributed by atoms with Gasteiger partial charge in [0.25, 0.3) is 0 Å². The predicted molar refractivity (Wildman–Crippen MR) is 259 cm³/mol. The summed E-state index contributed by atoms with van der Waals surface area (Å²) in [5.74, 6) is 3.70. The van der Waals surface area contributed by atoms with Gasteiger partial charge in [0.05, 0.1) is 5.82 Å². The molecule has 3 heteroatoms. The molecule has 2 N–H and O–H groups in total. The summed E-state index contributed by atoms with van der Waals surface area (Å²) in [5.41, 5.74) is 3.05. The van der Waals surface area contributed by atoms with Crippen molar-refractivity contribution in [3.05, 3.63) is 36.7 Å². The van der Waals surface area contributed by atoms with Crippen LogP contribution in [0.4, 0.5) is 0 Å². The van der Waals surface area contributed by atoms with Crippen molar-refractivity contribution >= 4 is 0 Å². The SMILES string of the molecule is C=C1CCCCCCCCCC(C)C(CC)CCCCCC(CCCCCCCC)CCC(=C)CCCCCCCN(CCCNC(=C)NC)CCCCCCC1. The summed E-state index contributed by atoms with van der Waals surface area (Å²) in [5, 5.41) is 6.54. The molecular weight excluding hydrogens is 691 g/mol. The van der Waals surface area contributed by atoms with Gasteiger partial charge in [-0.1, -0.05) is 219 Å². The highest BCUT2D eigenvalue weighted by molar-refractivity contribution is 4.94. The number of unbranched alkanes of at least 4 members (excludes halogenated alkanes) is 5. The summed E-state index contributed by atoms with van der Waals surface area (Å²) in [7, 11) is 1.94. The molecule has 1 rings (SSSR count). The lowest BCUT2D eigenvalue weighted by atomic mass is 9.83. The van der Waals surface area contributed by atoms with Crippen LogP contribution in [0.2, 0.25) is 0 Å². The second-order valence-corrected chi connectivity index (χ2v) is 19.1. The maximum Gasteiger partial charge on any atom is 0.0909 e. The van der Waals surface area contributed by atoms with Crippen LogP contribution in [0.25, 0.3) is 0 Å². The second kappa shape index (κ2) is 40.2. The van der Waals surface area contributed by atoms with E-state index in [-0.39, 0.29) is 0 Å². The highest BCUT2D eigenvalue weighted by Crippen LogP contribution is 2.30. The highest BCUT2D eigenvalue weighted by atomic mass is 15.1. The summed E-state index contributed by atoms with van der Waals surface area (Å²) in [6.45, 7) is 25.2. The maximum atomic E-state index is 4.60. The van der Waals surface area contributed by atoms with Crippen LogP contribution in [0.3, 0.4) is 0 Å². The summed E-state index contributed by atoms with van der Waals surface area (Å²) in [6, 6.07) is 0. The third kappa shape index (κ3) is 34.2. The van der Waals surface area contributed by atoms with Gasteiger partial charge < -0.3 is 15.5 Å². The van der Waals surface area contributed by atoms with Crippen LogP contribution < -0.4 is 10.6 Å². The van der Waals surface area contributed by atoms with E-state index in [2.05, 4.69) is 56.0 Å². The minimum absolute atomic E-state index is 0.905. The summed E-state index contributed by atoms with van der Waals surface area (Å²) in [6.07, 6.45) is 51.4. The van der Waals surface area contributed by atoms with Crippen LogP contribution in [0.1, 0.15) is 258 Å². The standard InChI is InChI=1S/C54H105N3/c1-8-10-11-12-22-30-40-53-41-31-25-32-42-54(9-2)51(5)39-29-21-15-13-14-18-26-36-49(3)37-27-19-16-23-33-46-57(48-35-45-56-52(6)55-7)47-34-24-17-20-28-38-50(4)43-44-53/h51,53-56H,3-4,6,8-48H2,1-2,5,7H3. The fraction of sp³-hybridized carbons (Fsp3) is 0.889. The fourth-order valence-corrected chi connectivity index (χ4v) is 9.62. The molecule has 3 atom stereocenters. The topological polar surface area (TPSA) is 27.3 Å². The molecule has 1 heterocycles. The van der Waals surface area contributed by atoms with E-state index in [1.54, 1.807) is 0 Å². The Morgan fingerprint density at radius 2 is 1.05 bits per heavy atom. The molecule has 3 nitrogen and oxygen atoms in total. The number of allylic oxidation sites excluding steroid dienone is 2. The zero-order valence-corrected chi connectivity index (χ0v) is 39.8. The van der Waals surface area contributed by atoms with Crippen molar-refractivity contribution in [2.45, 2.75) is 258 Å². The summed E-state index contributed by atoms with van der Waals surface area (Å²) >= 11 is 0. The van der Waals surface area contributed by atoms with E-state index in [0.717, 1.165) is 30.1 Å². The van der Waals surface area contributed by atoms with E-state index in [4.69, 9.17) is 0 Å². The molecule has 1 aliphatic rings. The molecule has 0 amide bonds. The van der Waals surface area contributed by atoms with Crippen molar-refractivity contribution in [2.24, 2.45) is 17.8 Å². The average Bonchev–Trinajstić information content (AvgIpc) is 3.21. The van der Waals surface area contributed by atoms with Crippen LogP contribution in [0, 0.1) is 17.8 Å². The van der Waals surface area contributed by atoms with Gasteiger partial charge in [-0.2, -0.15) is 0 Å². The first-order valence-corrected chi connectivity index (χ1v) is 26.1. The molecule has 336 valence electrons. The molecule has 0 aromatic rings. The van der Waals surface area contributed by atoms with Crippen LogP contribution in [-0.4, -0.2) is 38.1 Å². The third-order valence-electron chi connectivity index (χ3n) is 13.9. The Morgan fingerprint density at radius 3 is 1.65 bits per heavy atom. The van der Waals surface area contributed by atoms with Gasteiger partial charge >= 0.3 is 0 Å². The lowest BCUT2D eigenvalue weighted by Crippen LogP contribution is -2.30. The van der Waals surface area contributed by atoms with Crippen molar-refractivity contribution in [3.63, 3.8) is 0 Å². The van der Waals surface area contributed by atoms with Crippen molar-refractivity contribution < 1.29 is 0 Å². The zero-order valence-electron chi connectivity index (χ0n) is 39.8. The third-order valence-corrected chi connectivity index (χ3v) is 13.9. The molecule has 0 spiro atoms. The summed E-state index contributed by atoms with van der Waals surface area (Å²) < 4.78 is 0. The Labute approximate surface area is 360 Å². The van der Waals surface area contributed by atoms with Crippen molar-refractivity contribution in [3.8, 4) is 0 Å². The van der Waals surface area contributed by atoms with Gasteiger partial charge in [-0.05, 0) is 108 Å². The normalized spacial score (nSPS) is 23.8. The van der Waals surface area contributed by atoms with Crippen molar-refractivity contribution in [2.75, 3.05) is 33.2 Å². The lowest BCUT2D eigenvalue weighted by Gasteiger charge is -2.23. The minimum atomic E-state index is 0.905. The second-order valence-electron chi connectivity index (χ2n) is 19.1. The quantitative estimate of drug-likeness (QED) is 0.135. The van der Waals surface area contributed by atoms with Gasteiger partial charge in [0, 0.05) is 13.6 Å². The van der Waals surface area contributed by atoms with E-state index in [1.165, 1.54) is 268 Å². The number of rotatable bonds is 14. The molecule has 0 saturated carbocycles. The summed E-state index contributed by atoms with van der Waals surface area (Å²) in [4.78, 5) is 2.76. The molecule has 1 aliphatic heterocycles. The number of nitrogens with one attached hydrogen (secondary N) is 2. The van der Waals surface area contributed by atoms with Gasteiger partial charge in [-0.3, -0.25) is 0 Å². The first kappa shape index (κ1) is 53.8. The van der Waals surface area contributed by atoms with E-state index in [1.807, 2.05) is 7.05 Å². The van der Waals surface area contributed by atoms with E-state index >= 15 is 0 Å². The van der Waals surface area contributed by atoms with E-state index in [0.29, 0.717) is 0 Å². The molecule has 0 radical (unpaired) electrons. The van der Waals surface area contributed by atoms with Gasteiger partial charge in [0.15, 0.2) is 0 Å².